The molecule has 2 aromatic carbocycles. The Morgan fingerprint density at radius 2 is 1.79 bits per heavy atom. The molecule has 0 radical (unpaired) electrons. The summed E-state index contributed by atoms with van der Waals surface area (Å²) in [5.74, 6) is -0.327. The zero-order chi connectivity index (χ0) is 17.4. The number of aromatic amines is 2. The van der Waals surface area contributed by atoms with Crippen molar-refractivity contribution in [1.29, 1.82) is 0 Å². The highest BCUT2D eigenvalue weighted by Crippen LogP contribution is 2.40. The molecule has 0 bridgehead atoms. The first-order valence-corrected chi connectivity index (χ1v) is 7.95. The van der Waals surface area contributed by atoms with Crippen molar-refractivity contribution in [3.63, 3.8) is 0 Å². The third kappa shape index (κ3) is 2.69. The van der Waals surface area contributed by atoms with Crippen LogP contribution in [0.1, 0.15) is 18.1 Å². The fourth-order valence-corrected chi connectivity index (χ4v) is 3.09. The van der Waals surface area contributed by atoms with Crippen molar-refractivity contribution < 1.29 is 14.6 Å². The van der Waals surface area contributed by atoms with Gasteiger partial charge in [-0.3, -0.25) is 10.2 Å². The Hall–Kier alpha value is -2.60. The second-order valence-corrected chi connectivity index (χ2v) is 6.05. The number of aromatic hydroxyl groups is 2. The summed E-state index contributed by atoms with van der Waals surface area (Å²) in [6.45, 7) is 3.72. The topological polar surface area (TPSA) is 72.0 Å². The normalized spacial score (nSPS) is 11.0. The van der Waals surface area contributed by atoms with Gasteiger partial charge in [0.1, 0.15) is 22.0 Å². The molecule has 0 saturated carbocycles. The van der Waals surface area contributed by atoms with Crippen LogP contribution in [0.25, 0.3) is 22.4 Å². The van der Waals surface area contributed by atoms with Crippen molar-refractivity contribution in [2.24, 2.45) is 0 Å². The molecule has 124 valence electrons. The van der Waals surface area contributed by atoms with E-state index in [-0.39, 0.29) is 17.3 Å². The first-order chi connectivity index (χ1) is 11.4. The summed E-state index contributed by atoms with van der Waals surface area (Å²) >= 11 is 5.37. The zero-order valence-electron chi connectivity index (χ0n) is 13.3. The number of rotatable bonds is 3. The number of nitrogens with one attached hydrogen (secondary N) is 2. The van der Waals surface area contributed by atoms with E-state index in [1.165, 1.54) is 18.2 Å². The second-order valence-electron chi connectivity index (χ2n) is 5.64. The van der Waals surface area contributed by atoms with Gasteiger partial charge in [0, 0.05) is 17.2 Å². The van der Waals surface area contributed by atoms with Crippen LogP contribution in [0, 0.1) is 17.4 Å². The van der Waals surface area contributed by atoms with Crippen LogP contribution in [0.15, 0.2) is 30.3 Å². The minimum atomic E-state index is -0.316. The highest BCUT2D eigenvalue weighted by atomic mass is 32.1. The maximum absolute atomic E-state index is 13.4. The molecule has 0 aliphatic carbocycles. The third-order valence-corrected chi connectivity index (χ3v) is 4.39. The van der Waals surface area contributed by atoms with Crippen molar-refractivity contribution in [3.8, 4) is 33.9 Å². The predicted octanol–water partition coefficient (Wildman–Crippen LogP) is 4.83. The van der Waals surface area contributed by atoms with E-state index in [0.717, 1.165) is 11.1 Å². The van der Waals surface area contributed by atoms with E-state index in [4.69, 9.17) is 12.2 Å². The number of phenolic OH excluding ortho intramolecular Hbond substituents is 2. The number of benzene rings is 2. The molecule has 4 N–H and O–H groups in total. The number of H-pyrrole nitrogens is 2. The molecule has 3 rings (SSSR count). The molecule has 0 unspecified atom stereocenters. The molecule has 0 saturated heterocycles. The van der Waals surface area contributed by atoms with E-state index < -0.39 is 0 Å². The molecule has 6 heteroatoms. The van der Waals surface area contributed by atoms with E-state index in [2.05, 4.69) is 10.2 Å². The molecule has 0 aliphatic rings. The minimum absolute atomic E-state index is 0.0485. The summed E-state index contributed by atoms with van der Waals surface area (Å²) in [7, 11) is 0. The van der Waals surface area contributed by atoms with Crippen LogP contribution in [-0.4, -0.2) is 20.4 Å². The van der Waals surface area contributed by atoms with Gasteiger partial charge in [-0.05, 0) is 48.2 Å². The average Bonchev–Trinajstić information content (AvgIpc) is 2.89. The zero-order valence-corrected chi connectivity index (χ0v) is 14.1. The second kappa shape index (κ2) is 6.13. The van der Waals surface area contributed by atoms with Crippen LogP contribution in [0.3, 0.4) is 0 Å². The molecular formula is C18H17FN2O2S. The van der Waals surface area contributed by atoms with Crippen molar-refractivity contribution >= 4 is 12.2 Å². The van der Waals surface area contributed by atoms with E-state index in [1.807, 2.05) is 6.92 Å². The molecule has 0 atom stereocenters. The van der Waals surface area contributed by atoms with Crippen LogP contribution in [0.2, 0.25) is 0 Å². The van der Waals surface area contributed by atoms with Crippen molar-refractivity contribution in [1.82, 2.24) is 10.2 Å². The predicted molar refractivity (Wildman–Crippen MR) is 94.3 cm³/mol. The number of hydrogen-bond acceptors (Lipinski definition) is 3. The van der Waals surface area contributed by atoms with Crippen molar-refractivity contribution in [2.45, 2.75) is 20.3 Å². The minimum Gasteiger partial charge on any atom is -0.508 e. The number of phenols is 2. The van der Waals surface area contributed by atoms with Gasteiger partial charge < -0.3 is 10.2 Å². The maximum atomic E-state index is 13.4. The fraction of sp³-hybridized carbons (Fsp3) is 0.167. The van der Waals surface area contributed by atoms with E-state index >= 15 is 0 Å². The fourth-order valence-electron chi connectivity index (χ4n) is 2.83. The van der Waals surface area contributed by atoms with Gasteiger partial charge in [0.15, 0.2) is 0 Å². The van der Waals surface area contributed by atoms with Crippen LogP contribution >= 0.6 is 12.2 Å². The smallest absolute Gasteiger partial charge is 0.128 e. The highest BCUT2D eigenvalue weighted by Gasteiger charge is 2.18. The molecule has 1 heterocycles. The highest BCUT2D eigenvalue weighted by molar-refractivity contribution is 7.71. The Morgan fingerprint density at radius 1 is 1.04 bits per heavy atom. The van der Waals surface area contributed by atoms with Gasteiger partial charge in [0.25, 0.3) is 0 Å². The number of halogens is 1. The lowest BCUT2D eigenvalue weighted by atomic mass is 9.96. The number of aromatic nitrogens is 2. The SMILES string of the molecule is CCc1cc(-c2[nH][nH]c(=S)c2-c2ccc(F)cc2C)c(O)cc1O. The van der Waals surface area contributed by atoms with E-state index in [0.29, 0.717) is 33.4 Å². The lowest BCUT2D eigenvalue weighted by molar-refractivity contribution is 0.447. The Bertz CT molecular complexity index is 976. The molecule has 0 fully saturated rings. The largest absolute Gasteiger partial charge is 0.508 e. The summed E-state index contributed by atoms with van der Waals surface area (Å²) in [6, 6.07) is 7.52. The van der Waals surface area contributed by atoms with Gasteiger partial charge in [0.05, 0.1) is 5.69 Å². The maximum Gasteiger partial charge on any atom is 0.128 e. The summed E-state index contributed by atoms with van der Waals surface area (Å²) in [5.41, 5.74) is 4.04. The molecule has 0 aliphatic heterocycles. The van der Waals surface area contributed by atoms with Gasteiger partial charge >= 0.3 is 0 Å². The van der Waals surface area contributed by atoms with Crippen molar-refractivity contribution in [2.75, 3.05) is 0 Å². The van der Waals surface area contributed by atoms with Gasteiger partial charge in [-0.15, -0.1) is 0 Å². The van der Waals surface area contributed by atoms with E-state index in [9.17, 15) is 14.6 Å². The quantitative estimate of drug-likeness (QED) is 0.514. The first kappa shape index (κ1) is 16.3. The molecular weight excluding hydrogens is 327 g/mol. The van der Waals surface area contributed by atoms with E-state index in [1.54, 1.807) is 19.1 Å². The first-order valence-electron chi connectivity index (χ1n) is 7.54. The number of hydrogen-bond donors (Lipinski definition) is 4. The van der Waals surface area contributed by atoms with Crippen LogP contribution in [0.5, 0.6) is 11.5 Å². The summed E-state index contributed by atoms with van der Waals surface area (Å²) in [6.07, 6.45) is 0.620. The Balaban J connectivity index is 2.27. The monoisotopic (exact) mass is 344 g/mol. The molecule has 24 heavy (non-hydrogen) atoms. The summed E-state index contributed by atoms with van der Waals surface area (Å²) in [4.78, 5) is 0. The van der Waals surface area contributed by atoms with Gasteiger partial charge in [-0.2, -0.15) is 0 Å². The van der Waals surface area contributed by atoms with Crippen molar-refractivity contribution in [3.05, 3.63) is 51.9 Å². The standard InChI is InChI=1S/C18H17FN2O2S/c1-3-10-7-13(15(23)8-14(10)22)17-16(18(24)21-20-17)12-5-4-11(19)6-9(12)2/h4-8,22-23H,3H2,1-2H3,(H2,20,21,24). The Labute approximate surface area is 143 Å². The van der Waals surface area contributed by atoms with Crippen LogP contribution in [0.4, 0.5) is 4.39 Å². The summed E-state index contributed by atoms with van der Waals surface area (Å²) < 4.78 is 13.9. The molecule has 0 amide bonds. The van der Waals surface area contributed by atoms with Crippen LogP contribution in [-0.2, 0) is 6.42 Å². The van der Waals surface area contributed by atoms with Gasteiger partial charge in [0.2, 0.25) is 0 Å². The van der Waals surface area contributed by atoms with Gasteiger partial charge in [-0.1, -0.05) is 25.2 Å². The average molecular weight is 344 g/mol. The molecule has 4 nitrogen and oxygen atoms in total. The number of aryl methyl sites for hydroxylation is 2. The lowest BCUT2D eigenvalue weighted by Crippen LogP contribution is -1.90. The van der Waals surface area contributed by atoms with Gasteiger partial charge in [-0.25, -0.2) is 4.39 Å². The molecule has 0 spiro atoms. The Morgan fingerprint density at radius 3 is 2.46 bits per heavy atom. The molecule has 3 aromatic rings. The van der Waals surface area contributed by atoms with Crippen LogP contribution < -0.4 is 0 Å². The molecule has 1 aromatic heterocycles. The summed E-state index contributed by atoms with van der Waals surface area (Å²) in [5, 5.41) is 26.0. The Kier molecular flexibility index (Phi) is 4.15. The third-order valence-electron chi connectivity index (χ3n) is 4.08. The lowest BCUT2D eigenvalue weighted by Gasteiger charge is -2.11.